The summed E-state index contributed by atoms with van der Waals surface area (Å²) in [6.45, 7) is 4.04. The molecule has 0 fully saturated rings. The predicted octanol–water partition coefficient (Wildman–Crippen LogP) is -0.0581. The van der Waals surface area contributed by atoms with E-state index in [4.69, 9.17) is 5.73 Å². The van der Waals surface area contributed by atoms with Crippen LogP contribution in [0.25, 0.3) is 0 Å². The molecule has 2 N–H and O–H groups in total. The van der Waals surface area contributed by atoms with E-state index in [1.165, 1.54) is 0 Å². The summed E-state index contributed by atoms with van der Waals surface area (Å²) in [5.74, 6) is 1.01. The highest BCUT2D eigenvalue weighted by Crippen LogP contribution is 1.97. The second-order valence-corrected chi connectivity index (χ2v) is 3.34. The van der Waals surface area contributed by atoms with Crippen LogP contribution in [0.1, 0.15) is 11.5 Å². The van der Waals surface area contributed by atoms with Crippen LogP contribution in [0.3, 0.4) is 0 Å². The fraction of sp³-hybridized carbons (Fsp3) is 0.444. The van der Waals surface area contributed by atoms with Gasteiger partial charge in [-0.3, -0.25) is 4.68 Å². The molecule has 0 spiro atoms. The van der Waals surface area contributed by atoms with E-state index in [1.807, 2.05) is 19.3 Å². The molecule has 80 valence electrons. The Hall–Kier alpha value is -1.69. The average Bonchev–Trinajstić information content (AvgIpc) is 2.84. The highest BCUT2D eigenvalue weighted by atomic mass is 15.4. The van der Waals surface area contributed by atoms with Crippen molar-refractivity contribution >= 4 is 0 Å². The third-order valence-electron chi connectivity index (χ3n) is 2.29. The maximum absolute atomic E-state index is 5.45. The van der Waals surface area contributed by atoms with Gasteiger partial charge in [0.1, 0.15) is 5.82 Å². The Morgan fingerprint density at radius 1 is 1.40 bits per heavy atom. The standard InChI is InChI=1S/C9H14N6/c1-8-11-2-3-14(8)4-5-15-7-9(6-10)12-13-15/h2-3,7H,4-6,10H2,1H3. The van der Waals surface area contributed by atoms with E-state index in [0.717, 1.165) is 24.6 Å². The normalized spacial score (nSPS) is 10.8. The molecule has 6 nitrogen and oxygen atoms in total. The third-order valence-corrected chi connectivity index (χ3v) is 2.29. The van der Waals surface area contributed by atoms with Gasteiger partial charge in [-0.25, -0.2) is 4.98 Å². The van der Waals surface area contributed by atoms with E-state index in [9.17, 15) is 0 Å². The Balaban J connectivity index is 1.96. The quantitative estimate of drug-likeness (QED) is 0.760. The molecular weight excluding hydrogens is 192 g/mol. The summed E-state index contributed by atoms with van der Waals surface area (Å²) in [4.78, 5) is 4.15. The first kappa shape index (κ1) is 9.85. The lowest BCUT2D eigenvalue weighted by atomic mass is 10.5. The van der Waals surface area contributed by atoms with Crippen molar-refractivity contribution in [1.29, 1.82) is 0 Å². The molecule has 0 aromatic carbocycles. The molecule has 0 amide bonds. The van der Waals surface area contributed by atoms with Crippen molar-refractivity contribution in [2.24, 2.45) is 5.73 Å². The summed E-state index contributed by atoms with van der Waals surface area (Å²) in [6.07, 6.45) is 5.62. The first-order valence-corrected chi connectivity index (χ1v) is 4.86. The molecule has 0 unspecified atom stereocenters. The molecule has 0 aliphatic carbocycles. The molecule has 0 aliphatic rings. The highest BCUT2D eigenvalue weighted by molar-refractivity contribution is 4.91. The Morgan fingerprint density at radius 3 is 2.87 bits per heavy atom. The Labute approximate surface area is 87.7 Å². The van der Waals surface area contributed by atoms with Crippen molar-refractivity contribution in [2.75, 3.05) is 0 Å². The third kappa shape index (κ3) is 2.21. The van der Waals surface area contributed by atoms with Crippen LogP contribution in [-0.2, 0) is 19.6 Å². The Bertz CT molecular complexity index is 429. The van der Waals surface area contributed by atoms with Crippen LogP contribution in [0.15, 0.2) is 18.6 Å². The average molecular weight is 206 g/mol. The van der Waals surface area contributed by atoms with Gasteiger partial charge in [0, 0.05) is 31.7 Å². The van der Waals surface area contributed by atoms with Gasteiger partial charge < -0.3 is 10.3 Å². The van der Waals surface area contributed by atoms with Gasteiger partial charge in [0.05, 0.1) is 12.2 Å². The van der Waals surface area contributed by atoms with E-state index in [0.29, 0.717) is 6.54 Å². The van der Waals surface area contributed by atoms with Crippen molar-refractivity contribution in [3.63, 3.8) is 0 Å². The fourth-order valence-corrected chi connectivity index (χ4v) is 1.39. The van der Waals surface area contributed by atoms with Crippen LogP contribution in [-0.4, -0.2) is 24.5 Å². The minimum absolute atomic E-state index is 0.435. The Morgan fingerprint density at radius 2 is 2.27 bits per heavy atom. The van der Waals surface area contributed by atoms with Gasteiger partial charge >= 0.3 is 0 Å². The van der Waals surface area contributed by atoms with Crippen LogP contribution in [0, 0.1) is 6.92 Å². The Kier molecular flexibility index (Phi) is 2.77. The van der Waals surface area contributed by atoms with E-state index < -0.39 is 0 Å². The zero-order valence-electron chi connectivity index (χ0n) is 8.67. The molecule has 15 heavy (non-hydrogen) atoms. The van der Waals surface area contributed by atoms with E-state index in [1.54, 1.807) is 10.9 Å². The van der Waals surface area contributed by atoms with Crippen LogP contribution in [0.5, 0.6) is 0 Å². The molecule has 0 aliphatic heterocycles. The SMILES string of the molecule is Cc1nccn1CCn1cc(CN)nn1. The van der Waals surface area contributed by atoms with Crippen molar-refractivity contribution in [2.45, 2.75) is 26.6 Å². The maximum Gasteiger partial charge on any atom is 0.105 e. The lowest BCUT2D eigenvalue weighted by molar-refractivity contribution is 0.513. The van der Waals surface area contributed by atoms with Crippen molar-refractivity contribution in [3.05, 3.63) is 30.1 Å². The number of nitrogens with two attached hydrogens (primary N) is 1. The summed E-state index contributed by atoms with van der Waals surface area (Å²) in [6, 6.07) is 0. The van der Waals surface area contributed by atoms with Crippen LogP contribution in [0.2, 0.25) is 0 Å². The highest BCUT2D eigenvalue weighted by Gasteiger charge is 2.00. The maximum atomic E-state index is 5.45. The van der Waals surface area contributed by atoms with Crippen LogP contribution >= 0.6 is 0 Å². The number of imidazole rings is 1. The van der Waals surface area contributed by atoms with Gasteiger partial charge in [-0.15, -0.1) is 5.10 Å². The molecule has 2 aromatic rings. The molecule has 6 heteroatoms. The molecule has 0 atom stereocenters. The first-order valence-electron chi connectivity index (χ1n) is 4.86. The fourth-order valence-electron chi connectivity index (χ4n) is 1.39. The molecular formula is C9H14N6. The minimum Gasteiger partial charge on any atom is -0.333 e. The second kappa shape index (κ2) is 4.22. The van der Waals surface area contributed by atoms with Gasteiger partial charge in [-0.1, -0.05) is 5.21 Å². The zero-order chi connectivity index (χ0) is 10.7. The smallest absolute Gasteiger partial charge is 0.105 e. The van der Waals surface area contributed by atoms with Crippen LogP contribution < -0.4 is 5.73 Å². The summed E-state index contributed by atoms with van der Waals surface area (Å²) in [5, 5.41) is 7.89. The van der Waals surface area contributed by atoms with Crippen molar-refractivity contribution in [1.82, 2.24) is 24.5 Å². The lowest BCUT2D eigenvalue weighted by Crippen LogP contribution is -2.08. The summed E-state index contributed by atoms with van der Waals surface area (Å²) in [7, 11) is 0. The predicted molar refractivity (Wildman–Crippen MR) is 54.9 cm³/mol. The van der Waals surface area contributed by atoms with Gasteiger partial charge in [0.15, 0.2) is 0 Å². The van der Waals surface area contributed by atoms with E-state index in [2.05, 4.69) is 19.9 Å². The van der Waals surface area contributed by atoms with Gasteiger partial charge in [0.2, 0.25) is 0 Å². The number of aryl methyl sites for hydroxylation is 3. The van der Waals surface area contributed by atoms with E-state index in [-0.39, 0.29) is 0 Å². The minimum atomic E-state index is 0.435. The lowest BCUT2D eigenvalue weighted by Gasteiger charge is -2.03. The summed E-state index contributed by atoms with van der Waals surface area (Å²) >= 11 is 0. The molecule has 2 heterocycles. The molecule has 0 saturated heterocycles. The number of hydrogen-bond acceptors (Lipinski definition) is 4. The second-order valence-electron chi connectivity index (χ2n) is 3.34. The van der Waals surface area contributed by atoms with Gasteiger partial charge in [-0.05, 0) is 6.92 Å². The van der Waals surface area contributed by atoms with Gasteiger partial charge in [-0.2, -0.15) is 0 Å². The number of hydrogen-bond donors (Lipinski definition) is 1. The molecule has 0 radical (unpaired) electrons. The number of aromatic nitrogens is 5. The van der Waals surface area contributed by atoms with Crippen molar-refractivity contribution < 1.29 is 0 Å². The summed E-state index contributed by atoms with van der Waals surface area (Å²) < 4.78 is 3.87. The first-order chi connectivity index (χ1) is 7.29. The van der Waals surface area contributed by atoms with Crippen molar-refractivity contribution in [3.8, 4) is 0 Å². The molecule has 0 bridgehead atoms. The largest absolute Gasteiger partial charge is 0.333 e. The molecule has 2 aromatic heterocycles. The number of rotatable bonds is 4. The summed E-state index contributed by atoms with van der Waals surface area (Å²) in [5.41, 5.74) is 6.26. The van der Waals surface area contributed by atoms with E-state index >= 15 is 0 Å². The number of nitrogens with zero attached hydrogens (tertiary/aromatic N) is 5. The topological polar surface area (TPSA) is 74.5 Å². The van der Waals surface area contributed by atoms with Crippen LogP contribution in [0.4, 0.5) is 0 Å². The molecule has 0 saturated carbocycles. The van der Waals surface area contributed by atoms with Gasteiger partial charge in [0.25, 0.3) is 0 Å². The monoisotopic (exact) mass is 206 g/mol. The molecule has 2 rings (SSSR count). The zero-order valence-corrected chi connectivity index (χ0v) is 8.67.